The van der Waals surface area contributed by atoms with Gasteiger partial charge < -0.3 is 9.84 Å². The van der Waals surface area contributed by atoms with Crippen LogP contribution in [0.15, 0.2) is 34.5 Å². The summed E-state index contributed by atoms with van der Waals surface area (Å²) in [5.74, 6) is 0.0266. The van der Waals surface area contributed by atoms with Crippen LogP contribution in [0, 0.1) is 5.92 Å². The maximum Gasteiger partial charge on any atom is 0.330 e. The third-order valence-corrected chi connectivity index (χ3v) is 3.27. The zero-order valence-corrected chi connectivity index (χ0v) is 10.1. The van der Waals surface area contributed by atoms with Gasteiger partial charge in [0.15, 0.2) is 0 Å². The normalized spacial score (nSPS) is 31.4. The van der Waals surface area contributed by atoms with Gasteiger partial charge in [-0.1, -0.05) is 13.0 Å². The molecule has 0 aliphatic carbocycles. The van der Waals surface area contributed by atoms with Gasteiger partial charge in [-0.25, -0.2) is 4.79 Å². The summed E-state index contributed by atoms with van der Waals surface area (Å²) >= 11 is 0. The minimum atomic E-state index is -0.820. The maximum atomic E-state index is 11.7. The molecular weight excluding hydrogens is 236 g/mol. The van der Waals surface area contributed by atoms with Gasteiger partial charge in [0.05, 0.1) is 6.61 Å². The summed E-state index contributed by atoms with van der Waals surface area (Å²) in [6.45, 7) is 5.39. The summed E-state index contributed by atoms with van der Waals surface area (Å²) in [6.07, 6.45) is 3.02. The lowest BCUT2D eigenvalue weighted by molar-refractivity contribution is -0.0761. The SMILES string of the molecule is C=CC1(CO)C[C@H](C)C(n2ccc(=O)[nH]c2=O)O1. The van der Waals surface area contributed by atoms with Crippen molar-refractivity contribution in [3.05, 3.63) is 45.8 Å². The van der Waals surface area contributed by atoms with Crippen LogP contribution >= 0.6 is 0 Å². The lowest BCUT2D eigenvalue weighted by Gasteiger charge is -2.23. The van der Waals surface area contributed by atoms with Crippen LogP contribution in [0.2, 0.25) is 0 Å². The number of hydrogen-bond donors (Lipinski definition) is 2. The van der Waals surface area contributed by atoms with Crippen LogP contribution in [-0.4, -0.2) is 26.9 Å². The molecule has 2 N–H and O–H groups in total. The number of aromatic nitrogens is 2. The molecule has 1 aliphatic rings. The smallest absolute Gasteiger partial charge is 0.330 e. The number of hydrogen-bond acceptors (Lipinski definition) is 4. The molecule has 3 atom stereocenters. The van der Waals surface area contributed by atoms with Crippen LogP contribution in [-0.2, 0) is 4.74 Å². The largest absolute Gasteiger partial charge is 0.393 e. The van der Waals surface area contributed by atoms with Crippen molar-refractivity contribution in [3.8, 4) is 0 Å². The molecule has 1 aliphatic heterocycles. The molecule has 1 saturated heterocycles. The van der Waals surface area contributed by atoms with Gasteiger partial charge in [0, 0.05) is 18.2 Å². The molecular formula is C12H16N2O4. The number of aliphatic hydroxyl groups excluding tert-OH is 1. The van der Waals surface area contributed by atoms with Crippen LogP contribution in [0.25, 0.3) is 0 Å². The zero-order chi connectivity index (χ0) is 13.3. The monoisotopic (exact) mass is 252 g/mol. The second-order valence-corrected chi connectivity index (χ2v) is 4.63. The first-order valence-electron chi connectivity index (χ1n) is 5.75. The number of nitrogens with one attached hydrogen (secondary N) is 1. The van der Waals surface area contributed by atoms with Crippen molar-refractivity contribution >= 4 is 0 Å². The van der Waals surface area contributed by atoms with E-state index in [1.54, 1.807) is 6.08 Å². The Morgan fingerprint density at radius 2 is 2.44 bits per heavy atom. The van der Waals surface area contributed by atoms with Gasteiger partial charge in [0.1, 0.15) is 11.8 Å². The second kappa shape index (κ2) is 4.55. The Balaban J connectivity index is 2.38. The third kappa shape index (κ3) is 2.04. The summed E-state index contributed by atoms with van der Waals surface area (Å²) in [5.41, 5.74) is -1.78. The predicted octanol–water partition coefficient (Wildman–Crippen LogP) is 0.00870. The van der Waals surface area contributed by atoms with Crippen molar-refractivity contribution < 1.29 is 9.84 Å². The highest BCUT2D eigenvalue weighted by molar-refractivity contribution is 5.03. The molecule has 1 aromatic heterocycles. The van der Waals surface area contributed by atoms with E-state index in [1.165, 1.54) is 16.8 Å². The Kier molecular flexibility index (Phi) is 3.23. The molecule has 1 aromatic rings. The van der Waals surface area contributed by atoms with Crippen molar-refractivity contribution in [3.63, 3.8) is 0 Å². The fraction of sp³-hybridized carbons (Fsp3) is 0.500. The predicted molar refractivity (Wildman–Crippen MR) is 65.2 cm³/mol. The number of aliphatic hydroxyl groups is 1. The Morgan fingerprint density at radius 1 is 1.72 bits per heavy atom. The van der Waals surface area contributed by atoms with Gasteiger partial charge in [0.2, 0.25) is 0 Å². The van der Waals surface area contributed by atoms with E-state index < -0.39 is 23.1 Å². The molecule has 1 fully saturated rings. The molecule has 0 saturated carbocycles. The Hall–Kier alpha value is -1.66. The lowest BCUT2D eigenvalue weighted by atomic mass is 9.95. The summed E-state index contributed by atoms with van der Waals surface area (Å²) < 4.78 is 7.07. The quantitative estimate of drug-likeness (QED) is 0.742. The number of H-pyrrole nitrogens is 1. The van der Waals surface area contributed by atoms with Crippen molar-refractivity contribution in [1.29, 1.82) is 0 Å². The zero-order valence-electron chi connectivity index (χ0n) is 10.1. The van der Waals surface area contributed by atoms with E-state index in [4.69, 9.17) is 4.74 Å². The second-order valence-electron chi connectivity index (χ2n) is 4.63. The Labute approximate surface area is 104 Å². The van der Waals surface area contributed by atoms with E-state index in [-0.39, 0.29) is 12.5 Å². The lowest BCUT2D eigenvalue weighted by Crippen LogP contribution is -2.35. The molecule has 0 bridgehead atoms. The highest BCUT2D eigenvalue weighted by Gasteiger charge is 2.43. The molecule has 2 rings (SSSR count). The van der Waals surface area contributed by atoms with E-state index in [0.717, 1.165) is 0 Å². The van der Waals surface area contributed by atoms with Gasteiger partial charge >= 0.3 is 5.69 Å². The van der Waals surface area contributed by atoms with Crippen LogP contribution < -0.4 is 11.2 Å². The summed E-state index contributed by atoms with van der Waals surface area (Å²) in [7, 11) is 0. The van der Waals surface area contributed by atoms with Gasteiger partial charge in [-0.05, 0) is 6.42 Å². The first-order chi connectivity index (χ1) is 8.51. The van der Waals surface area contributed by atoms with Crippen LogP contribution in [0.1, 0.15) is 19.6 Å². The van der Waals surface area contributed by atoms with E-state index >= 15 is 0 Å². The first-order valence-corrected chi connectivity index (χ1v) is 5.75. The topological polar surface area (TPSA) is 84.3 Å². The van der Waals surface area contributed by atoms with Crippen molar-refractivity contribution in [2.24, 2.45) is 5.92 Å². The minimum Gasteiger partial charge on any atom is -0.393 e. The molecule has 98 valence electrons. The Bertz CT molecular complexity index is 562. The summed E-state index contributed by atoms with van der Waals surface area (Å²) in [4.78, 5) is 24.9. The first kappa shape index (κ1) is 12.8. The number of nitrogens with zero attached hydrogens (tertiary/aromatic N) is 1. The van der Waals surface area contributed by atoms with Gasteiger partial charge in [-0.2, -0.15) is 0 Å². The minimum absolute atomic E-state index is 0.0266. The highest BCUT2D eigenvalue weighted by atomic mass is 16.5. The average molecular weight is 252 g/mol. The third-order valence-electron chi connectivity index (χ3n) is 3.27. The molecule has 18 heavy (non-hydrogen) atoms. The molecule has 2 unspecified atom stereocenters. The standard InChI is InChI=1S/C12H16N2O4/c1-3-12(7-15)6-8(2)10(18-12)14-5-4-9(16)13-11(14)17/h3-5,8,10,15H,1,6-7H2,2H3,(H,13,16,17)/t8-,10?,12?/m0/s1. The van der Waals surface area contributed by atoms with Gasteiger partial charge in [-0.15, -0.1) is 6.58 Å². The molecule has 0 aromatic carbocycles. The van der Waals surface area contributed by atoms with Crippen LogP contribution in [0.4, 0.5) is 0 Å². The van der Waals surface area contributed by atoms with E-state index in [1.807, 2.05) is 6.92 Å². The van der Waals surface area contributed by atoms with Crippen LogP contribution in [0.5, 0.6) is 0 Å². The highest BCUT2D eigenvalue weighted by Crippen LogP contribution is 2.40. The van der Waals surface area contributed by atoms with Crippen molar-refractivity contribution in [2.75, 3.05) is 6.61 Å². The summed E-state index contributed by atoms with van der Waals surface area (Å²) in [5, 5.41) is 9.37. The maximum absolute atomic E-state index is 11.7. The van der Waals surface area contributed by atoms with Crippen molar-refractivity contribution in [2.45, 2.75) is 25.2 Å². The van der Waals surface area contributed by atoms with Gasteiger partial charge in [-0.3, -0.25) is 14.3 Å². The molecule has 0 spiro atoms. The molecule has 0 radical (unpaired) electrons. The number of aromatic amines is 1. The number of ether oxygens (including phenoxy) is 1. The summed E-state index contributed by atoms with van der Waals surface area (Å²) in [6, 6.07) is 1.27. The van der Waals surface area contributed by atoms with Crippen molar-refractivity contribution in [1.82, 2.24) is 9.55 Å². The van der Waals surface area contributed by atoms with E-state index in [9.17, 15) is 14.7 Å². The molecule has 2 heterocycles. The molecule has 6 nitrogen and oxygen atoms in total. The number of rotatable bonds is 3. The fourth-order valence-electron chi connectivity index (χ4n) is 2.31. The molecule has 6 heteroatoms. The van der Waals surface area contributed by atoms with Gasteiger partial charge in [0.25, 0.3) is 5.56 Å². The average Bonchev–Trinajstić information content (AvgIpc) is 2.67. The van der Waals surface area contributed by atoms with Crippen LogP contribution in [0.3, 0.4) is 0 Å². The van der Waals surface area contributed by atoms with E-state index in [0.29, 0.717) is 6.42 Å². The molecule has 0 amide bonds. The Morgan fingerprint density at radius 3 is 2.94 bits per heavy atom. The van der Waals surface area contributed by atoms with E-state index in [2.05, 4.69) is 11.6 Å². The fourth-order valence-corrected chi connectivity index (χ4v) is 2.31.